The highest BCUT2D eigenvalue weighted by molar-refractivity contribution is 8.13. The molecule has 1 aromatic carbocycles. The van der Waals surface area contributed by atoms with Gasteiger partial charge in [0, 0.05) is 16.7 Å². The molecular weight excluding hydrogens is 312 g/mol. The van der Waals surface area contributed by atoms with Crippen LogP contribution in [0.2, 0.25) is 0 Å². The topological polar surface area (TPSA) is 63.2 Å². The summed E-state index contributed by atoms with van der Waals surface area (Å²) >= 11 is 0. The zero-order valence-electron chi connectivity index (χ0n) is 10.3. The van der Waals surface area contributed by atoms with Gasteiger partial charge in [0.15, 0.2) is 5.82 Å². The number of nitrogens with one attached hydrogen (secondary N) is 1. The lowest BCUT2D eigenvalue weighted by Gasteiger charge is -2.13. The molecule has 1 saturated carbocycles. The summed E-state index contributed by atoms with van der Waals surface area (Å²) in [5, 5.41) is 2.50. The Labute approximate surface area is 119 Å². The molecule has 0 atom stereocenters. The highest BCUT2D eigenvalue weighted by atomic mass is 35.7. The molecule has 0 spiro atoms. The lowest BCUT2D eigenvalue weighted by molar-refractivity contribution is 0.0928. The van der Waals surface area contributed by atoms with Gasteiger partial charge >= 0.3 is 0 Å². The van der Waals surface area contributed by atoms with Crippen molar-refractivity contribution in [2.75, 3.05) is 0 Å². The van der Waals surface area contributed by atoms with Crippen LogP contribution in [-0.2, 0) is 9.05 Å². The zero-order valence-corrected chi connectivity index (χ0v) is 11.9. The van der Waals surface area contributed by atoms with Crippen LogP contribution in [0.15, 0.2) is 17.0 Å². The molecule has 20 heavy (non-hydrogen) atoms. The molecular formula is C12H12ClF2NO3S. The lowest BCUT2D eigenvalue weighted by atomic mass is 10.1. The van der Waals surface area contributed by atoms with E-state index in [0.717, 1.165) is 25.7 Å². The van der Waals surface area contributed by atoms with Crippen molar-refractivity contribution in [3.63, 3.8) is 0 Å². The summed E-state index contributed by atoms with van der Waals surface area (Å²) < 4.78 is 49.9. The van der Waals surface area contributed by atoms with Gasteiger partial charge in [-0.3, -0.25) is 4.79 Å². The highest BCUT2D eigenvalue weighted by Crippen LogP contribution is 2.25. The van der Waals surface area contributed by atoms with Crippen LogP contribution < -0.4 is 5.32 Å². The second kappa shape index (κ2) is 5.65. The minimum atomic E-state index is -4.38. The summed E-state index contributed by atoms with van der Waals surface area (Å²) in [6.07, 6.45) is 3.35. The van der Waals surface area contributed by atoms with Crippen molar-refractivity contribution in [3.05, 3.63) is 29.3 Å². The third kappa shape index (κ3) is 3.09. The van der Waals surface area contributed by atoms with Gasteiger partial charge in [0.05, 0.1) is 0 Å². The normalized spacial score (nSPS) is 16.4. The molecule has 0 bridgehead atoms. The molecule has 0 aromatic heterocycles. The van der Waals surface area contributed by atoms with E-state index < -0.39 is 37.1 Å². The molecule has 0 radical (unpaired) electrons. The molecule has 8 heteroatoms. The summed E-state index contributed by atoms with van der Waals surface area (Å²) in [7, 11) is 0.658. The Morgan fingerprint density at radius 1 is 1.25 bits per heavy atom. The third-order valence-electron chi connectivity index (χ3n) is 3.24. The Kier molecular flexibility index (Phi) is 4.29. The highest BCUT2D eigenvalue weighted by Gasteiger charge is 2.27. The van der Waals surface area contributed by atoms with Crippen LogP contribution in [-0.4, -0.2) is 20.4 Å². The first-order valence-corrected chi connectivity index (χ1v) is 8.35. The van der Waals surface area contributed by atoms with Crippen molar-refractivity contribution in [1.29, 1.82) is 0 Å². The van der Waals surface area contributed by atoms with E-state index >= 15 is 0 Å². The van der Waals surface area contributed by atoms with Crippen molar-refractivity contribution in [3.8, 4) is 0 Å². The van der Waals surface area contributed by atoms with Gasteiger partial charge in [-0.25, -0.2) is 17.2 Å². The van der Waals surface area contributed by atoms with E-state index in [1.165, 1.54) is 0 Å². The van der Waals surface area contributed by atoms with Gasteiger partial charge in [-0.1, -0.05) is 12.8 Å². The van der Waals surface area contributed by atoms with Crippen LogP contribution in [0.5, 0.6) is 0 Å². The standard InChI is InChI=1S/C12H12ClF2NO3S/c13-20(18,19)9-6-5-8(14)10(11(9)15)12(17)16-7-3-1-2-4-7/h5-7H,1-4H2,(H,16,17). The third-order valence-corrected chi connectivity index (χ3v) is 4.58. The van der Waals surface area contributed by atoms with E-state index in [4.69, 9.17) is 10.7 Å². The molecule has 0 heterocycles. The molecule has 1 amide bonds. The van der Waals surface area contributed by atoms with Crippen molar-refractivity contribution in [2.45, 2.75) is 36.6 Å². The maximum absolute atomic E-state index is 14.0. The number of carbonyl (C=O) groups excluding carboxylic acids is 1. The largest absolute Gasteiger partial charge is 0.349 e. The van der Waals surface area contributed by atoms with Gasteiger partial charge in [-0.2, -0.15) is 0 Å². The second-order valence-electron chi connectivity index (χ2n) is 4.63. The molecule has 1 fully saturated rings. The van der Waals surface area contributed by atoms with E-state index in [0.29, 0.717) is 12.1 Å². The molecule has 0 unspecified atom stereocenters. The van der Waals surface area contributed by atoms with Crippen LogP contribution >= 0.6 is 10.7 Å². The predicted octanol–water partition coefficient (Wildman–Crippen LogP) is 2.56. The summed E-state index contributed by atoms with van der Waals surface area (Å²) in [6, 6.07) is 1.26. The van der Waals surface area contributed by atoms with Crippen molar-refractivity contribution >= 4 is 25.6 Å². The van der Waals surface area contributed by atoms with E-state index in [9.17, 15) is 22.0 Å². The predicted molar refractivity (Wildman–Crippen MR) is 69.1 cm³/mol. The van der Waals surface area contributed by atoms with E-state index in [1.54, 1.807) is 0 Å². The van der Waals surface area contributed by atoms with Crippen LogP contribution in [0.3, 0.4) is 0 Å². The van der Waals surface area contributed by atoms with Gasteiger partial charge in [0.2, 0.25) is 0 Å². The Balaban J connectivity index is 2.37. The maximum Gasteiger partial charge on any atom is 0.264 e. The molecule has 1 N–H and O–H groups in total. The molecule has 0 saturated heterocycles. The van der Waals surface area contributed by atoms with Crippen molar-refractivity contribution in [1.82, 2.24) is 5.32 Å². The number of carbonyl (C=O) groups is 1. The fourth-order valence-electron chi connectivity index (χ4n) is 2.26. The zero-order chi connectivity index (χ0) is 14.9. The lowest BCUT2D eigenvalue weighted by Crippen LogP contribution is -2.34. The van der Waals surface area contributed by atoms with Crippen LogP contribution in [0, 0.1) is 11.6 Å². The number of hydrogen-bond acceptors (Lipinski definition) is 3. The molecule has 1 aliphatic rings. The second-order valence-corrected chi connectivity index (χ2v) is 7.16. The number of rotatable bonds is 3. The summed E-state index contributed by atoms with van der Waals surface area (Å²) in [4.78, 5) is 11.0. The molecule has 4 nitrogen and oxygen atoms in total. The van der Waals surface area contributed by atoms with Crippen LogP contribution in [0.1, 0.15) is 36.0 Å². The first-order valence-electron chi connectivity index (χ1n) is 6.04. The number of amides is 1. The average molecular weight is 324 g/mol. The summed E-state index contributed by atoms with van der Waals surface area (Å²) in [6.45, 7) is 0. The van der Waals surface area contributed by atoms with E-state index in [1.807, 2.05) is 0 Å². The minimum Gasteiger partial charge on any atom is -0.349 e. The smallest absolute Gasteiger partial charge is 0.264 e. The van der Waals surface area contributed by atoms with Gasteiger partial charge in [0.1, 0.15) is 16.3 Å². The Bertz CT molecular complexity index is 642. The maximum atomic E-state index is 14.0. The molecule has 110 valence electrons. The summed E-state index contributed by atoms with van der Waals surface area (Å²) in [5.41, 5.74) is -0.918. The fraction of sp³-hybridized carbons (Fsp3) is 0.417. The first kappa shape index (κ1) is 15.2. The average Bonchev–Trinajstić information content (AvgIpc) is 2.79. The monoisotopic (exact) mass is 323 g/mol. The first-order chi connectivity index (χ1) is 9.30. The quantitative estimate of drug-likeness (QED) is 0.870. The van der Waals surface area contributed by atoms with Gasteiger partial charge in [-0.05, 0) is 25.0 Å². The van der Waals surface area contributed by atoms with Crippen LogP contribution in [0.25, 0.3) is 0 Å². The molecule has 0 aliphatic heterocycles. The summed E-state index contributed by atoms with van der Waals surface area (Å²) in [5.74, 6) is -3.55. The molecule has 1 aliphatic carbocycles. The molecule has 2 rings (SSSR count). The minimum absolute atomic E-state index is 0.141. The Morgan fingerprint density at radius 3 is 2.40 bits per heavy atom. The van der Waals surface area contributed by atoms with Crippen LogP contribution in [0.4, 0.5) is 8.78 Å². The van der Waals surface area contributed by atoms with Crippen molar-refractivity contribution in [2.24, 2.45) is 0 Å². The van der Waals surface area contributed by atoms with Gasteiger partial charge in [-0.15, -0.1) is 0 Å². The van der Waals surface area contributed by atoms with Gasteiger partial charge in [0.25, 0.3) is 15.0 Å². The number of hydrogen-bond donors (Lipinski definition) is 1. The van der Waals surface area contributed by atoms with E-state index in [-0.39, 0.29) is 6.04 Å². The SMILES string of the molecule is O=C(NC1CCCC1)c1c(F)ccc(S(=O)(=O)Cl)c1F. The fourth-order valence-corrected chi connectivity index (χ4v) is 3.16. The number of benzene rings is 1. The van der Waals surface area contributed by atoms with Gasteiger partial charge < -0.3 is 5.32 Å². The van der Waals surface area contributed by atoms with E-state index in [2.05, 4.69) is 5.32 Å². The Morgan fingerprint density at radius 2 is 1.85 bits per heavy atom. The Hall–Kier alpha value is -1.21. The molecule has 1 aromatic rings. The number of halogens is 3. The van der Waals surface area contributed by atoms with Crippen molar-refractivity contribution < 1.29 is 22.0 Å².